The van der Waals surface area contributed by atoms with E-state index in [-0.39, 0.29) is 24.2 Å². The van der Waals surface area contributed by atoms with E-state index < -0.39 is 0 Å². The third kappa shape index (κ3) is 3.48. The molecule has 0 aromatic rings. The monoisotopic (exact) mass is 197 g/mol. The molecule has 1 aliphatic carbocycles. The smallest absolute Gasteiger partial charge is 0.223 e. The first-order chi connectivity index (χ1) is 6.59. The van der Waals surface area contributed by atoms with E-state index in [4.69, 9.17) is 0 Å². The van der Waals surface area contributed by atoms with Crippen molar-refractivity contribution in [3.05, 3.63) is 0 Å². The summed E-state index contributed by atoms with van der Waals surface area (Å²) in [5.41, 5.74) is 0. The summed E-state index contributed by atoms with van der Waals surface area (Å²) in [6.07, 6.45) is 4.23. The van der Waals surface area contributed by atoms with E-state index in [0.717, 1.165) is 31.6 Å². The predicted octanol–water partition coefficient (Wildman–Crippen LogP) is 1.52. The van der Waals surface area contributed by atoms with Gasteiger partial charge in [-0.3, -0.25) is 9.59 Å². The standard InChI is InChI=1S/C11H19NO2/c1-8-3-5-10(6-4-8)11(14)12-7-9(2)13/h8,10H,3-7H2,1-2H3,(H,12,14). The van der Waals surface area contributed by atoms with Gasteiger partial charge < -0.3 is 5.32 Å². The zero-order chi connectivity index (χ0) is 10.6. The van der Waals surface area contributed by atoms with Gasteiger partial charge in [0.25, 0.3) is 0 Å². The molecule has 1 aliphatic rings. The minimum atomic E-state index is 0.0162. The quantitative estimate of drug-likeness (QED) is 0.745. The van der Waals surface area contributed by atoms with E-state index in [1.54, 1.807) is 0 Å². The predicted molar refractivity (Wildman–Crippen MR) is 54.8 cm³/mol. The van der Waals surface area contributed by atoms with Crippen LogP contribution in [0.4, 0.5) is 0 Å². The van der Waals surface area contributed by atoms with Crippen LogP contribution in [0.3, 0.4) is 0 Å². The molecular weight excluding hydrogens is 178 g/mol. The molecule has 3 nitrogen and oxygen atoms in total. The molecule has 0 unspecified atom stereocenters. The number of ketones is 1. The maximum absolute atomic E-state index is 11.5. The lowest BCUT2D eigenvalue weighted by atomic mass is 9.82. The van der Waals surface area contributed by atoms with Crippen LogP contribution in [0, 0.1) is 11.8 Å². The summed E-state index contributed by atoms with van der Waals surface area (Å²) < 4.78 is 0. The fourth-order valence-corrected chi connectivity index (χ4v) is 1.88. The Kier molecular flexibility index (Phi) is 4.11. The summed E-state index contributed by atoms with van der Waals surface area (Å²) in [6, 6.07) is 0. The van der Waals surface area contributed by atoms with Crippen molar-refractivity contribution in [1.82, 2.24) is 5.32 Å². The van der Waals surface area contributed by atoms with Crippen LogP contribution in [-0.4, -0.2) is 18.2 Å². The molecule has 0 bridgehead atoms. The largest absolute Gasteiger partial charge is 0.349 e. The SMILES string of the molecule is CC(=O)CNC(=O)C1CCC(C)CC1. The van der Waals surface area contributed by atoms with Crippen LogP contribution in [0.5, 0.6) is 0 Å². The van der Waals surface area contributed by atoms with E-state index >= 15 is 0 Å². The molecule has 1 rings (SSSR count). The van der Waals surface area contributed by atoms with Gasteiger partial charge in [-0.2, -0.15) is 0 Å². The van der Waals surface area contributed by atoms with E-state index in [2.05, 4.69) is 12.2 Å². The highest BCUT2D eigenvalue weighted by Crippen LogP contribution is 2.28. The molecule has 14 heavy (non-hydrogen) atoms. The molecule has 0 spiro atoms. The highest BCUT2D eigenvalue weighted by molar-refractivity contribution is 5.85. The van der Waals surface area contributed by atoms with Crippen molar-refractivity contribution >= 4 is 11.7 Å². The Bertz CT molecular complexity index is 217. The summed E-state index contributed by atoms with van der Waals surface area (Å²) in [5.74, 6) is 0.979. The molecule has 80 valence electrons. The second kappa shape index (κ2) is 5.13. The van der Waals surface area contributed by atoms with Crippen LogP contribution >= 0.6 is 0 Å². The van der Waals surface area contributed by atoms with Crippen molar-refractivity contribution in [2.75, 3.05) is 6.54 Å². The van der Waals surface area contributed by atoms with Gasteiger partial charge >= 0.3 is 0 Å². The first-order valence-electron chi connectivity index (χ1n) is 5.36. The number of rotatable bonds is 3. The number of hydrogen-bond donors (Lipinski definition) is 1. The zero-order valence-corrected chi connectivity index (χ0v) is 9.01. The van der Waals surface area contributed by atoms with Crippen LogP contribution in [0.15, 0.2) is 0 Å². The van der Waals surface area contributed by atoms with E-state index in [0.29, 0.717) is 0 Å². The summed E-state index contributed by atoms with van der Waals surface area (Å²) in [4.78, 5) is 22.2. The molecule has 1 saturated carbocycles. The summed E-state index contributed by atoms with van der Waals surface area (Å²) in [7, 11) is 0. The van der Waals surface area contributed by atoms with Crippen molar-refractivity contribution in [2.24, 2.45) is 11.8 Å². The van der Waals surface area contributed by atoms with Gasteiger partial charge in [0.15, 0.2) is 0 Å². The van der Waals surface area contributed by atoms with Gasteiger partial charge in [0.2, 0.25) is 5.91 Å². The minimum Gasteiger partial charge on any atom is -0.349 e. The fourth-order valence-electron chi connectivity index (χ4n) is 1.88. The van der Waals surface area contributed by atoms with Crippen molar-refractivity contribution in [3.63, 3.8) is 0 Å². The minimum absolute atomic E-state index is 0.0162. The maximum atomic E-state index is 11.5. The van der Waals surface area contributed by atoms with E-state index in [1.165, 1.54) is 6.92 Å². The highest BCUT2D eigenvalue weighted by atomic mass is 16.2. The number of hydrogen-bond acceptors (Lipinski definition) is 2. The third-order valence-corrected chi connectivity index (χ3v) is 2.90. The van der Waals surface area contributed by atoms with Gasteiger partial charge in [-0.25, -0.2) is 0 Å². The molecule has 1 fully saturated rings. The number of carbonyl (C=O) groups excluding carboxylic acids is 2. The molecule has 0 saturated heterocycles. The Morgan fingerprint density at radius 2 is 1.79 bits per heavy atom. The average Bonchev–Trinajstić information content (AvgIpc) is 2.15. The van der Waals surface area contributed by atoms with Crippen LogP contribution in [0.1, 0.15) is 39.5 Å². The number of Topliss-reactive ketones (excluding diaryl/α,β-unsaturated/α-hetero) is 1. The molecule has 3 heteroatoms. The van der Waals surface area contributed by atoms with Crippen LogP contribution < -0.4 is 5.32 Å². The third-order valence-electron chi connectivity index (χ3n) is 2.90. The summed E-state index contributed by atoms with van der Waals surface area (Å²) in [6.45, 7) is 3.90. The first-order valence-corrected chi connectivity index (χ1v) is 5.36. The Balaban J connectivity index is 2.27. The molecule has 0 aromatic carbocycles. The topological polar surface area (TPSA) is 46.2 Å². The lowest BCUT2D eigenvalue weighted by Crippen LogP contribution is -2.35. The molecule has 1 amide bonds. The van der Waals surface area contributed by atoms with Gasteiger partial charge in [0.1, 0.15) is 5.78 Å². The van der Waals surface area contributed by atoms with Crippen LogP contribution in [0.2, 0.25) is 0 Å². The molecule has 1 N–H and O–H groups in total. The van der Waals surface area contributed by atoms with Crippen molar-refractivity contribution in [1.29, 1.82) is 0 Å². The Labute approximate surface area is 85.3 Å². The molecule has 0 radical (unpaired) electrons. The molecule has 0 aliphatic heterocycles. The number of nitrogens with one attached hydrogen (secondary N) is 1. The lowest BCUT2D eigenvalue weighted by molar-refractivity contribution is -0.128. The summed E-state index contributed by atoms with van der Waals surface area (Å²) in [5, 5.41) is 2.68. The van der Waals surface area contributed by atoms with Crippen molar-refractivity contribution in [2.45, 2.75) is 39.5 Å². The van der Waals surface area contributed by atoms with Gasteiger partial charge in [-0.05, 0) is 38.5 Å². The molecule has 0 heterocycles. The van der Waals surface area contributed by atoms with Gasteiger partial charge in [-0.15, -0.1) is 0 Å². The molecule has 0 aromatic heterocycles. The fraction of sp³-hybridized carbons (Fsp3) is 0.818. The maximum Gasteiger partial charge on any atom is 0.223 e. The zero-order valence-electron chi connectivity index (χ0n) is 9.01. The summed E-state index contributed by atoms with van der Waals surface area (Å²) >= 11 is 0. The van der Waals surface area contributed by atoms with Crippen molar-refractivity contribution in [3.8, 4) is 0 Å². The number of carbonyl (C=O) groups is 2. The Morgan fingerprint density at radius 3 is 2.29 bits per heavy atom. The van der Waals surface area contributed by atoms with Gasteiger partial charge in [-0.1, -0.05) is 6.92 Å². The lowest BCUT2D eigenvalue weighted by Gasteiger charge is -2.24. The second-order valence-corrected chi connectivity index (χ2v) is 4.38. The van der Waals surface area contributed by atoms with E-state index in [9.17, 15) is 9.59 Å². The normalized spacial score (nSPS) is 27.0. The average molecular weight is 197 g/mol. The highest BCUT2D eigenvalue weighted by Gasteiger charge is 2.23. The number of amides is 1. The van der Waals surface area contributed by atoms with Crippen LogP contribution in [-0.2, 0) is 9.59 Å². The molecular formula is C11H19NO2. The first kappa shape index (κ1) is 11.2. The van der Waals surface area contributed by atoms with Crippen molar-refractivity contribution < 1.29 is 9.59 Å². The van der Waals surface area contributed by atoms with Crippen LogP contribution in [0.25, 0.3) is 0 Å². The molecule has 0 atom stereocenters. The van der Waals surface area contributed by atoms with Gasteiger partial charge in [0.05, 0.1) is 6.54 Å². The van der Waals surface area contributed by atoms with E-state index in [1.807, 2.05) is 0 Å². The Hall–Kier alpha value is -0.860. The Morgan fingerprint density at radius 1 is 1.21 bits per heavy atom. The second-order valence-electron chi connectivity index (χ2n) is 4.38. The van der Waals surface area contributed by atoms with Gasteiger partial charge in [0, 0.05) is 5.92 Å².